The van der Waals surface area contributed by atoms with Crippen molar-refractivity contribution in [1.29, 1.82) is 0 Å². The van der Waals surface area contributed by atoms with Gasteiger partial charge in [0.2, 0.25) is 11.8 Å². The summed E-state index contributed by atoms with van der Waals surface area (Å²) in [5.41, 5.74) is 3.62. The van der Waals surface area contributed by atoms with Gasteiger partial charge in [-0.15, -0.1) is 0 Å². The van der Waals surface area contributed by atoms with Crippen LogP contribution in [-0.2, 0) is 23.5 Å². The van der Waals surface area contributed by atoms with Gasteiger partial charge in [0.15, 0.2) is 0 Å². The van der Waals surface area contributed by atoms with Crippen molar-refractivity contribution in [2.24, 2.45) is 17.8 Å². The lowest BCUT2D eigenvalue weighted by molar-refractivity contribution is -0.141. The monoisotopic (exact) mass is 841 g/mol. The highest BCUT2D eigenvalue weighted by Gasteiger charge is 2.58. The lowest BCUT2D eigenvalue weighted by Gasteiger charge is -2.46. The number of carboxylic acids is 1. The second-order valence-electron chi connectivity index (χ2n) is 16.5. The highest BCUT2D eigenvalue weighted by molar-refractivity contribution is 9.10. The van der Waals surface area contributed by atoms with Crippen molar-refractivity contribution in [3.05, 3.63) is 106 Å². The number of carboxylic acid groups (broad SMARTS) is 1. The van der Waals surface area contributed by atoms with E-state index < -0.39 is 45.3 Å². The highest BCUT2D eigenvalue weighted by Crippen LogP contribution is 2.51. The van der Waals surface area contributed by atoms with E-state index in [1.54, 1.807) is 12.1 Å². The molecule has 2 saturated heterocycles. The summed E-state index contributed by atoms with van der Waals surface area (Å²) in [5, 5.41) is 32.8. The number of carbonyl (C=O) groups is 3. The topological polar surface area (TPSA) is 134 Å². The molecule has 296 valence electrons. The van der Waals surface area contributed by atoms with E-state index >= 15 is 0 Å². The number of carbonyl (C=O) groups excluding carboxylic acids is 2. The molecule has 0 unspecified atom stereocenters. The minimum Gasteiger partial charge on any atom is -0.507 e. The van der Waals surface area contributed by atoms with Crippen molar-refractivity contribution in [2.75, 3.05) is 13.2 Å². The molecular weight excluding hydrogens is 789 g/mol. The van der Waals surface area contributed by atoms with Crippen molar-refractivity contribution in [2.45, 2.75) is 90.1 Å². The molecule has 0 saturated carbocycles. The van der Waals surface area contributed by atoms with Crippen LogP contribution in [0.3, 0.4) is 0 Å². The molecular formula is C44H53BBrNO8Si. The molecule has 1 aliphatic carbocycles. The standard InChI is InChI=1S/C44H53BBrNO8Si/c1-29(24-30-25-32(46)20-21-37(30)48)19-22-38-40-31(28-54-56(44(2,3)4,33-14-8-5-9-15-33)34-16-10-6-11-17-34)26-35-41(36(40)27-45(53)55-38)43(52)47(42(35)51)23-13-7-12-18-39(49)50/h5-6,8-11,14-17,20-21,24-25,35-36,38,41,48,53H,7,12-13,18-19,22-23,26-28H2,1-4H3,(H,49,50)/b29-24+/t35-,36+,38-,41-/m1/s1. The normalized spacial score (nSPS) is 21.7. The second-order valence-corrected chi connectivity index (χ2v) is 21.8. The largest absolute Gasteiger partial charge is 0.507 e. The van der Waals surface area contributed by atoms with Crippen LogP contribution in [0, 0.1) is 17.8 Å². The van der Waals surface area contributed by atoms with E-state index in [0.29, 0.717) is 44.1 Å². The van der Waals surface area contributed by atoms with Crippen LogP contribution in [0.1, 0.15) is 78.2 Å². The van der Waals surface area contributed by atoms with Crippen molar-refractivity contribution < 1.29 is 38.7 Å². The van der Waals surface area contributed by atoms with Crippen LogP contribution in [-0.4, -0.2) is 72.6 Å². The number of unbranched alkanes of at least 4 members (excludes halogenated alkanes) is 2. The third-order valence-corrected chi connectivity index (χ3v) is 17.2. The van der Waals surface area contributed by atoms with Crippen LogP contribution in [0.4, 0.5) is 0 Å². The fraction of sp³-hybridized carbons (Fsp3) is 0.432. The predicted molar refractivity (Wildman–Crippen MR) is 225 cm³/mol. The second kappa shape index (κ2) is 17.8. The number of phenols is 1. The minimum atomic E-state index is -2.99. The Morgan fingerprint density at radius 2 is 1.62 bits per heavy atom. The zero-order chi connectivity index (χ0) is 40.2. The maximum atomic E-state index is 14.2. The zero-order valence-electron chi connectivity index (χ0n) is 32.7. The van der Waals surface area contributed by atoms with Crippen molar-refractivity contribution in [1.82, 2.24) is 4.90 Å². The van der Waals surface area contributed by atoms with Gasteiger partial charge in [-0.2, -0.15) is 0 Å². The average molecular weight is 843 g/mol. The number of hydrogen-bond acceptors (Lipinski definition) is 7. The molecule has 2 heterocycles. The molecule has 3 aromatic rings. The van der Waals surface area contributed by atoms with Gasteiger partial charge < -0.3 is 24.3 Å². The van der Waals surface area contributed by atoms with Gasteiger partial charge in [-0.25, -0.2) is 0 Å². The molecule has 3 N–H and O–H groups in total. The number of likely N-dealkylation sites (tertiary alicyclic amines) is 1. The maximum absolute atomic E-state index is 14.2. The number of fused-ring (bicyclic) bond motifs is 3. The van der Waals surface area contributed by atoms with Crippen LogP contribution >= 0.6 is 15.9 Å². The number of halogens is 1. The Morgan fingerprint density at radius 3 is 2.25 bits per heavy atom. The molecule has 12 heteroatoms. The number of amides is 2. The van der Waals surface area contributed by atoms with Gasteiger partial charge in [0, 0.05) is 23.0 Å². The fourth-order valence-electron chi connectivity index (χ4n) is 9.20. The molecule has 0 aromatic heterocycles. The summed E-state index contributed by atoms with van der Waals surface area (Å²) in [6, 6.07) is 26.1. The highest BCUT2D eigenvalue weighted by atomic mass is 79.9. The fourth-order valence-corrected chi connectivity index (χ4v) is 14.1. The van der Waals surface area contributed by atoms with Crippen molar-refractivity contribution in [3.8, 4) is 5.75 Å². The number of benzene rings is 3. The molecule has 2 aliphatic heterocycles. The Morgan fingerprint density at radius 1 is 0.964 bits per heavy atom. The lowest BCUT2D eigenvalue weighted by Crippen LogP contribution is -2.66. The van der Waals surface area contributed by atoms with E-state index in [1.165, 1.54) is 4.90 Å². The first-order chi connectivity index (χ1) is 26.7. The third kappa shape index (κ3) is 8.84. The number of rotatable bonds is 15. The number of phenolic OH excluding ortho intramolecular Hbond substituents is 1. The molecule has 2 amide bonds. The summed E-state index contributed by atoms with van der Waals surface area (Å²) in [6.45, 7) is 9.18. The average Bonchev–Trinajstić information content (AvgIpc) is 3.40. The smallest absolute Gasteiger partial charge is 0.455 e. The van der Waals surface area contributed by atoms with Crippen molar-refractivity contribution in [3.63, 3.8) is 0 Å². The molecule has 0 radical (unpaired) electrons. The van der Waals surface area contributed by atoms with Crippen molar-refractivity contribution >= 4 is 65.6 Å². The lowest BCUT2D eigenvalue weighted by atomic mass is 9.58. The van der Waals surface area contributed by atoms with E-state index in [9.17, 15) is 24.5 Å². The Kier molecular flexibility index (Phi) is 13.3. The van der Waals surface area contributed by atoms with E-state index in [-0.39, 0.29) is 48.5 Å². The molecule has 6 rings (SSSR count). The van der Waals surface area contributed by atoms with Gasteiger partial charge in [-0.3, -0.25) is 19.3 Å². The molecule has 56 heavy (non-hydrogen) atoms. The predicted octanol–water partition coefficient (Wildman–Crippen LogP) is 7.36. The summed E-state index contributed by atoms with van der Waals surface area (Å²) in [6.07, 6.45) is 4.77. The number of aliphatic carboxylic acids is 1. The number of hydrogen-bond donors (Lipinski definition) is 3. The molecule has 3 aliphatic rings. The third-order valence-electron chi connectivity index (χ3n) is 11.7. The van der Waals surface area contributed by atoms with Gasteiger partial charge in [-0.1, -0.05) is 115 Å². The number of aromatic hydroxyl groups is 1. The summed E-state index contributed by atoms with van der Waals surface area (Å²) in [7, 11) is -4.10. The molecule has 3 aromatic carbocycles. The molecule has 9 nitrogen and oxygen atoms in total. The van der Waals surface area contributed by atoms with Gasteiger partial charge in [-0.05, 0) is 96.0 Å². The number of allylic oxidation sites excluding steroid dienone is 1. The Bertz CT molecular complexity index is 1930. The Hall–Kier alpha value is -3.81. The van der Waals surface area contributed by atoms with E-state index in [0.717, 1.165) is 31.6 Å². The first kappa shape index (κ1) is 41.8. The Labute approximate surface area is 340 Å². The van der Waals surface area contributed by atoms with Crippen LogP contribution < -0.4 is 10.4 Å². The van der Waals surface area contributed by atoms with Gasteiger partial charge in [0.1, 0.15) is 5.75 Å². The van der Waals surface area contributed by atoms with E-state index in [4.69, 9.17) is 14.2 Å². The zero-order valence-corrected chi connectivity index (χ0v) is 35.3. The van der Waals surface area contributed by atoms with E-state index in [2.05, 4.69) is 61.0 Å². The van der Waals surface area contributed by atoms with Gasteiger partial charge in [0.25, 0.3) is 8.32 Å². The van der Waals surface area contributed by atoms with Crippen LogP contribution in [0.15, 0.2) is 100 Å². The summed E-state index contributed by atoms with van der Waals surface area (Å²) in [5.74, 6) is -2.72. The molecule has 4 atom stereocenters. The summed E-state index contributed by atoms with van der Waals surface area (Å²) < 4.78 is 14.7. The Balaban J connectivity index is 1.38. The SMILES string of the molecule is C/C(=C\c1cc(Br)ccc1O)CC[C@H]1OB(O)C[C@H]2C1=C(CO[Si](c1ccccc1)(c1ccccc1)C(C)(C)C)C[C@H]1C(=O)N(CCCCCC(=O)O)C(=O)[C@H]12. The first-order valence-corrected chi connectivity index (χ1v) is 22.4. The number of imide groups is 1. The summed E-state index contributed by atoms with van der Waals surface area (Å²) in [4.78, 5) is 40.9. The molecule has 0 bridgehead atoms. The van der Waals surface area contributed by atoms with Crippen LogP contribution in [0.5, 0.6) is 5.75 Å². The quantitative estimate of drug-likeness (QED) is 0.0627. The van der Waals surface area contributed by atoms with Gasteiger partial charge >= 0.3 is 13.1 Å². The van der Waals surface area contributed by atoms with Crippen LogP contribution in [0.2, 0.25) is 11.4 Å². The van der Waals surface area contributed by atoms with Gasteiger partial charge in [0.05, 0.1) is 24.5 Å². The molecule has 0 spiro atoms. The number of nitrogens with zero attached hydrogens (tertiary/aromatic N) is 1. The van der Waals surface area contributed by atoms with Crippen LogP contribution in [0.25, 0.3) is 6.08 Å². The summed E-state index contributed by atoms with van der Waals surface area (Å²) >= 11 is 3.49. The molecule has 2 fully saturated rings. The minimum absolute atomic E-state index is 0.0508. The maximum Gasteiger partial charge on any atom is 0.455 e. The van der Waals surface area contributed by atoms with E-state index in [1.807, 2.05) is 55.5 Å². The first-order valence-electron chi connectivity index (χ1n) is 19.7.